The second-order valence-electron chi connectivity index (χ2n) is 5.69. The minimum absolute atomic E-state index is 0.182. The number of aromatic nitrogens is 2. The molecule has 0 unspecified atom stereocenters. The highest BCUT2D eigenvalue weighted by Crippen LogP contribution is 2.20. The second-order valence-corrected chi connectivity index (χ2v) is 5.69. The number of nitrogens with two attached hydrogens (primary N) is 1. The second kappa shape index (κ2) is 5.78. The molecule has 6 heteroatoms. The summed E-state index contributed by atoms with van der Waals surface area (Å²) in [5.74, 6) is 0.247. The quantitative estimate of drug-likeness (QED) is 0.802. The highest BCUT2D eigenvalue weighted by Gasteiger charge is 2.16. The third-order valence-corrected chi connectivity index (χ3v) is 2.58. The molecule has 0 saturated carbocycles. The van der Waals surface area contributed by atoms with Crippen molar-refractivity contribution in [3.05, 3.63) is 42.1 Å². The van der Waals surface area contributed by atoms with Crippen LogP contribution in [0.1, 0.15) is 31.1 Å². The van der Waals surface area contributed by atoms with Crippen LogP contribution in [-0.2, 0) is 0 Å². The van der Waals surface area contributed by atoms with Gasteiger partial charge in [0.15, 0.2) is 0 Å². The molecule has 0 aliphatic rings. The summed E-state index contributed by atoms with van der Waals surface area (Å²) >= 11 is 0. The van der Waals surface area contributed by atoms with Crippen LogP contribution in [0.25, 0.3) is 0 Å². The number of para-hydroxylation sites is 1. The van der Waals surface area contributed by atoms with E-state index in [1.807, 2.05) is 51.1 Å². The molecular weight excluding hydrogens is 266 g/mol. The van der Waals surface area contributed by atoms with E-state index in [9.17, 15) is 4.79 Å². The zero-order chi connectivity index (χ0) is 15.5. The van der Waals surface area contributed by atoms with Crippen molar-refractivity contribution in [2.24, 2.45) is 5.73 Å². The molecule has 1 heterocycles. The highest BCUT2D eigenvalue weighted by molar-refractivity contribution is 5.98. The molecule has 0 spiro atoms. The summed E-state index contributed by atoms with van der Waals surface area (Å²) in [6.07, 6.45) is 1.43. The Labute approximate surface area is 123 Å². The van der Waals surface area contributed by atoms with Crippen LogP contribution in [0.2, 0.25) is 0 Å². The highest BCUT2D eigenvalue weighted by atomic mass is 16.1. The number of benzene rings is 1. The van der Waals surface area contributed by atoms with E-state index in [2.05, 4.69) is 20.6 Å². The fourth-order valence-corrected chi connectivity index (χ4v) is 1.71. The number of rotatable bonds is 4. The van der Waals surface area contributed by atoms with Gasteiger partial charge in [0.05, 0.1) is 0 Å². The van der Waals surface area contributed by atoms with Gasteiger partial charge in [-0.15, -0.1) is 0 Å². The molecule has 1 amide bonds. The Hall–Kier alpha value is -2.63. The van der Waals surface area contributed by atoms with Gasteiger partial charge in [0.1, 0.15) is 11.4 Å². The Morgan fingerprint density at radius 3 is 2.43 bits per heavy atom. The molecule has 0 radical (unpaired) electrons. The first kappa shape index (κ1) is 14.8. The molecule has 0 aliphatic heterocycles. The van der Waals surface area contributed by atoms with E-state index in [4.69, 9.17) is 5.73 Å². The van der Waals surface area contributed by atoms with Crippen LogP contribution in [0.15, 0.2) is 36.5 Å². The molecule has 0 atom stereocenters. The van der Waals surface area contributed by atoms with E-state index in [1.165, 1.54) is 6.20 Å². The molecule has 2 aromatic rings. The van der Waals surface area contributed by atoms with Gasteiger partial charge in [-0.1, -0.05) is 18.2 Å². The Morgan fingerprint density at radius 1 is 1.19 bits per heavy atom. The summed E-state index contributed by atoms with van der Waals surface area (Å²) in [7, 11) is 0. The summed E-state index contributed by atoms with van der Waals surface area (Å²) in [5.41, 5.74) is 6.25. The van der Waals surface area contributed by atoms with Gasteiger partial charge in [0.25, 0.3) is 5.91 Å². The molecular formula is C15H19N5O. The number of primary amides is 1. The third-order valence-electron chi connectivity index (χ3n) is 2.58. The maximum atomic E-state index is 11.5. The number of carbonyl (C=O) groups excluding carboxylic acids is 1. The van der Waals surface area contributed by atoms with Gasteiger partial charge >= 0.3 is 0 Å². The largest absolute Gasteiger partial charge is 0.365 e. The molecule has 4 N–H and O–H groups in total. The van der Waals surface area contributed by atoms with Gasteiger partial charge in [-0.25, -0.2) is 4.98 Å². The van der Waals surface area contributed by atoms with Crippen molar-refractivity contribution in [3.63, 3.8) is 0 Å². The summed E-state index contributed by atoms with van der Waals surface area (Å²) < 4.78 is 0. The third kappa shape index (κ3) is 4.17. The van der Waals surface area contributed by atoms with Crippen LogP contribution in [0, 0.1) is 0 Å². The number of anilines is 3. The Balaban J connectivity index is 2.35. The average Bonchev–Trinajstić information content (AvgIpc) is 2.37. The van der Waals surface area contributed by atoms with E-state index in [0.717, 1.165) is 5.69 Å². The zero-order valence-corrected chi connectivity index (χ0v) is 12.3. The zero-order valence-electron chi connectivity index (χ0n) is 12.3. The molecule has 0 saturated heterocycles. The van der Waals surface area contributed by atoms with Crippen LogP contribution < -0.4 is 16.4 Å². The number of hydrogen-bond acceptors (Lipinski definition) is 5. The molecule has 21 heavy (non-hydrogen) atoms. The van der Waals surface area contributed by atoms with Gasteiger partial charge in [0.2, 0.25) is 5.95 Å². The van der Waals surface area contributed by atoms with Gasteiger partial charge in [0, 0.05) is 17.4 Å². The minimum Gasteiger partial charge on any atom is -0.365 e. The lowest BCUT2D eigenvalue weighted by atomic mass is 10.1. The van der Waals surface area contributed by atoms with Gasteiger partial charge in [-0.3, -0.25) is 4.79 Å². The monoisotopic (exact) mass is 285 g/mol. The molecule has 0 aliphatic carbocycles. The summed E-state index contributed by atoms with van der Waals surface area (Å²) in [5, 5.41) is 6.25. The standard InChI is InChI=1S/C15H19N5O/c1-15(2,3)20-14-17-9-11(12(16)21)13(19-14)18-10-7-5-4-6-8-10/h4-9H,1-3H3,(H2,16,21)(H2,17,18,19,20). The first-order valence-electron chi connectivity index (χ1n) is 6.62. The van der Waals surface area contributed by atoms with Crippen molar-refractivity contribution in [1.29, 1.82) is 0 Å². The van der Waals surface area contributed by atoms with Gasteiger partial charge < -0.3 is 16.4 Å². The van der Waals surface area contributed by atoms with Gasteiger partial charge in [-0.05, 0) is 32.9 Å². The Bertz CT molecular complexity index is 634. The molecule has 1 aromatic carbocycles. The number of nitrogens with zero attached hydrogens (tertiary/aromatic N) is 2. The average molecular weight is 285 g/mol. The maximum absolute atomic E-state index is 11.5. The van der Waals surface area contributed by atoms with Crippen molar-refractivity contribution >= 4 is 23.4 Å². The molecule has 6 nitrogen and oxygen atoms in total. The first-order chi connectivity index (χ1) is 9.85. The molecule has 2 rings (SSSR count). The van der Waals surface area contributed by atoms with E-state index in [1.54, 1.807) is 0 Å². The number of amides is 1. The SMILES string of the molecule is CC(C)(C)Nc1ncc(C(N)=O)c(Nc2ccccc2)n1. The fraction of sp³-hybridized carbons (Fsp3) is 0.267. The van der Waals surface area contributed by atoms with Crippen LogP contribution in [0.3, 0.4) is 0 Å². The van der Waals surface area contributed by atoms with Crippen molar-refractivity contribution in [1.82, 2.24) is 9.97 Å². The van der Waals surface area contributed by atoms with E-state index in [-0.39, 0.29) is 11.1 Å². The molecule has 1 aromatic heterocycles. The van der Waals surface area contributed by atoms with E-state index in [0.29, 0.717) is 11.8 Å². The van der Waals surface area contributed by atoms with Crippen molar-refractivity contribution in [3.8, 4) is 0 Å². The van der Waals surface area contributed by atoms with Crippen LogP contribution in [0.5, 0.6) is 0 Å². The van der Waals surface area contributed by atoms with E-state index < -0.39 is 5.91 Å². The predicted octanol–water partition coefficient (Wildman–Crippen LogP) is 2.53. The lowest BCUT2D eigenvalue weighted by Gasteiger charge is -2.21. The number of hydrogen-bond donors (Lipinski definition) is 3. The van der Waals surface area contributed by atoms with Gasteiger partial charge in [-0.2, -0.15) is 4.98 Å². The summed E-state index contributed by atoms with van der Waals surface area (Å²) in [6.45, 7) is 6.01. The topological polar surface area (TPSA) is 92.9 Å². The smallest absolute Gasteiger partial charge is 0.254 e. The number of carbonyl (C=O) groups is 1. The predicted molar refractivity (Wildman–Crippen MR) is 83.7 cm³/mol. The lowest BCUT2D eigenvalue weighted by molar-refractivity contribution is 0.100. The first-order valence-corrected chi connectivity index (χ1v) is 6.62. The maximum Gasteiger partial charge on any atom is 0.254 e. The Morgan fingerprint density at radius 2 is 1.86 bits per heavy atom. The number of nitrogens with one attached hydrogen (secondary N) is 2. The minimum atomic E-state index is -0.573. The van der Waals surface area contributed by atoms with Crippen LogP contribution in [0.4, 0.5) is 17.5 Å². The summed E-state index contributed by atoms with van der Waals surface area (Å²) in [6, 6.07) is 9.45. The fourth-order valence-electron chi connectivity index (χ4n) is 1.71. The van der Waals surface area contributed by atoms with Crippen LogP contribution in [-0.4, -0.2) is 21.4 Å². The van der Waals surface area contributed by atoms with Crippen molar-refractivity contribution < 1.29 is 4.79 Å². The van der Waals surface area contributed by atoms with Crippen LogP contribution >= 0.6 is 0 Å². The lowest BCUT2D eigenvalue weighted by Crippen LogP contribution is -2.28. The van der Waals surface area contributed by atoms with Crippen molar-refractivity contribution in [2.75, 3.05) is 10.6 Å². The van der Waals surface area contributed by atoms with E-state index >= 15 is 0 Å². The Kier molecular flexibility index (Phi) is 4.07. The molecule has 0 fully saturated rings. The molecule has 0 bridgehead atoms. The molecule has 110 valence electrons. The normalized spacial score (nSPS) is 11.0. The summed E-state index contributed by atoms with van der Waals surface area (Å²) in [4.78, 5) is 20.0. The van der Waals surface area contributed by atoms with Crippen molar-refractivity contribution in [2.45, 2.75) is 26.3 Å².